The molecule has 1 aliphatic rings. The normalized spacial score (nSPS) is 19.6. The number of amides is 1. The minimum absolute atomic E-state index is 0.0172. The Bertz CT molecular complexity index is 697. The molecule has 2 N–H and O–H groups in total. The van der Waals surface area contributed by atoms with E-state index in [1.165, 1.54) is 0 Å². The van der Waals surface area contributed by atoms with Gasteiger partial charge in [0.05, 0.1) is 17.4 Å². The van der Waals surface area contributed by atoms with Crippen molar-refractivity contribution in [2.24, 2.45) is 11.7 Å². The topological polar surface area (TPSA) is 64.2 Å². The van der Waals surface area contributed by atoms with Crippen LogP contribution in [-0.2, 0) is 0 Å². The lowest BCUT2D eigenvalue weighted by Crippen LogP contribution is -2.45. The van der Waals surface area contributed by atoms with Crippen LogP contribution >= 0.6 is 11.6 Å². The molecule has 0 aliphatic carbocycles. The zero-order valence-corrected chi connectivity index (χ0v) is 13.9. The first-order chi connectivity index (χ1) is 11.0. The molecule has 1 aromatic carbocycles. The summed E-state index contributed by atoms with van der Waals surface area (Å²) >= 11 is 6.00. The van der Waals surface area contributed by atoms with Gasteiger partial charge in [0.15, 0.2) is 0 Å². The van der Waals surface area contributed by atoms with Gasteiger partial charge in [-0.05, 0) is 43.9 Å². The first kappa shape index (κ1) is 16.0. The quantitative estimate of drug-likeness (QED) is 0.940. The Labute approximate surface area is 141 Å². The third-order valence-corrected chi connectivity index (χ3v) is 4.63. The highest BCUT2D eigenvalue weighted by atomic mass is 35.5. The van der Waals surface area contributed by atoms with Gasteiger partial charge in [-0.25, -0.2) is 4.68 Å². The van der Waals surface area contributed by atoms with Crippen molar-refractivity contribution in [3.05, 3.63) is 47.2 Å². The summed E-state index contributed by atoms with van der Waals surface area (Å²) in [6.07, 6.45) is 5.45. The van der Waals surface area contributed by atoms with Gasteiger partial charge in [-0.15, -0.1) is 0 Å². The summed E-state index contributed by atoms with van der Waals surface area (Å²) in [6, 6.07) is 7.50. The van der Waals surface area contributed by atoms with E-state index < -0.39 is 0 Å². The maximum absolute atomic E-state index is 12.7. The van der Waals surface area contributed by atoms with Crippen LogP contribution in [0.4, 0.5) is 0 Å². The molecule has 2 atom stereocenters. The first-order valence-corrected chi connectivity index (χ1v) is 8.28. The molecular formula is C17H21ClN4O. The number of benzene rings is 1. The van der Waals surface area contributed by atoms with Crippen molar-refractivity contribution < 1.29 is 4.79 Å². The van der Waals surface area contributed by atoms with Crippen molar-refractivity contribution in [1.82, 2.24) is 14.7 Å². The number of hydrogen-bond acceptors (Lipinski definition) is 3. The van der Waals surface area contributed by atoms with E-state index in [-0.39, 0.29) is 11.9 Å². The van der Waals surface area contributed by atoms with Crippen LogP contribution in [0, 0.1) is 5.92 Å². The number of nitrogens with two attached hydrogens (primary N) is 1. The van der Waals surface area contributed by atoms with Gasteiger partial charge in [0.2, 0.25) is 0 Å². The fourth-order valence-electron chi connectivity index (χ4n) is 3.00. The van der Waals surface area contributed by atoms with Gasteiger partial charge in [-0.3, -0.25) is 4.79 Å². The van der Waals surface area contributed by atoms with Crippen molar-refractivity contribution in [2.75, 3.05) is 13.1 Å². The van der Waals surface area contributed by atoms with Crippen LogP contribution in [0.15, 0.2) is 36.7 Å². The summed E-state index contributed by atoms with van der Waals surface area (Å²) in [6.45, 7) is 3.51. The molecule has 0 saturated carbocycles. The van der Waals surface area contributed by atoms with Crippen LogP contribution in [0.25, 0.3) is 5.69 Å². The number of piperidine rings is 1. The van der Waals surface area contributed by atoms with Gasteiger partial charge in [0, 0.05) is 30.4 Å². The molecule has 0 unspecified atom stereocenters. The average molecular weight is 333 g/mol. The highest BCUT2D eigenvalue weighted by Crippen LogP contribution is 2.21. The van der Waals surface area contributed by atoms with Crippen LogP contribution in [0.3, 0.4) is 0 Å². The van der Waals surface area contributed by atoms with Crippen molar-refractivity contribution in [1.29, 1.82) is 0 Å². The fraction of sp³-hybridized carbons (Fsp3) is 0.412. The zero-order valence-electron chi connectivity index (χ0n) is 13.2. The molecule has 3 rings (SSSR count). The maximum atomic E-state index is 12.7. The van der Waals surface area contributed by atoms with Crippen molar-refractivity contribution in [3.63, 3.8) is 0 Å². The molecule has 0 bridgehead atoms. The molecule has 2 heterocycles. The standard InChI is InChI=1S/C17H21ClN4O/c1-12(19)13-4-3-7-21(10-13)17(23)14-9-20-22(11-14)16-6-2-5-15(18)8-16/h2,5-6,8-9,11-13H,3-4,7,10,19H2,1H3/t12-,13-/m0/s1. The van der Waals surface area contributed by atoms with Crippen LogP contribution in [0.5, 0.6) is 0 Å². The lowest BCUT2D eigenvalue weighted by Gasteiger charge is -2.34. The highest BCUT2D eigenvalue weighted by Gasteiger charge is 2.27. The summed E-state index contributed by atoms with van der Waals surface area (Å²) in [5.74, 6) is 0.388. The molecule has 1 amide bonds. The van der Waals surface area contributed by atoms with Gasteiger partial charge in [-0.1, -0.05) is 17.7 Å². The smallest absolute Gasteiger partial charge is 0.257 e. The number of carbonyl (C=O) groups excluding carboxylic acids is 1. The summed E-state index contributed by atoms with van der Waals surface area (Å²) in [4.78, 5) is 14.6. The Morgan fingerprint density at radius 3 is 3.04 bits per heavy atom. The second-order valence-electron chi connectivity index (χ2n) is 6.17. The Hall–Kier alpha value is -1.85. The van der Waals surface area contributed by atoms with Crippen LogP contribution in [-0.4, -0.2) is 39.7 Å². The summed E-state index contributed by atoms with van der Waals surface area (Å²) in [5.41, 5.74) is 7.43. The van der Waals surface area contributed by atoms with Gasteiger partial charge in [0.25, 0.3) is 5.91 Å². The maximum Gasteiger partial charge on any atom is 0.257 e. The molecule has 1 fully saturated rings. The lowest BCUT2D eigenvalue weighted by molar-refractivity contribution is 0.0661. The van der Waals surface area contributed by atoms with E-state index in [9.17, 15) is 4.79 Å². The van der Waals surface area contributed by atoms with Gasteiger partial charge >= 0.3 is 0 Å². The Balaban J connectivity index is 1.76. The summed E-state index contributed by atoms with van der Waals surface area (Å²) in [7, 11) is 0. The predicted octanol–water partition coefficient (Wildman–Crippen LogP) is 2.73. The Kier molecular flexibility index (Phi) is 4.68. The second-order valence-corrected chi connectivity index (χ2v) is 6.60. The van der Waals surface area contributed by atoms with E-state index in [0.29, 0.717) is 16.5 Å². The van der Waals surface area contributed by atoms with Crippen molar-refractivity contribution >= 4 is 17.5 Å². The minimum atomic E-state index is 0.0172. The molecule has 1 aromatic heterocycles. The van der Waals surface area contributed by atoms with Crippen molar-refractivity contribution in [2.45, 2.75) is 25.8 Å². The van der Waals surface area contributed by atoms with Crippen LogP contribution < -0.4 is 5.73 Å². The molecule has 1 saturated heterocycles. The summed E-state index contributed by atoms with van der Waals surface area (Å²) in [5, 5.41) is 4.92. The second kappa shape index (κ2) is 6.72. The molecule has 2 aromatic rings. The Morgan fingerprint density at radius 1 is 1.48 bits per heavy atom. The molecule has 0 radical (unpaired) electrons. The SMILES string of the molecule is C[C@H](N)[C@H]1CCCN(C(=O)c2cnn(-c3cccc(Cl)c3)c2)C1. The van der Waals surface area contributed by atoms with E-state index >= 15 is 0 Å². The largest absolute Gasteiger partial charge is 0.338 e. The Morgan fingerprint density at radius 2 is 2.30 bits per heavy atom. The zero-order chi connectivity index (χ0) is 16.4. The first-order valence-electron chi connectivity index (χ1n) is 7.90. The summed E-state index contributed by atoms with van der Waals surface area (Å²) < 4.78 is 1.67. The van der Waals surface area contributed by atoms with Gasteiger partial charge < -0.3 is 10.6 Å². The van der Waals surface area contributed by atoms with Gasteiger partial charge in [0.1, 0.15) is 0 Å². The van der Waals surface area contributed by atoms with Crippen LogP contribution in [0.2, 0.25) is 5.02 Å². The van der Waals surface area contributed by atoms with E-state index in [1.807, 2.05) is 36.1 Å². The molecule has 5 nitrogen and oxygen atoms in total. The monoisotopic (exact) mass is 332 g/mol. The molecule has 0 spiro atoms. The molecule has 6 heteroatoms. The molecule has 1 aliphatic heterocycles. The number of carbonyl (C=O) groups is 1. The predicted molar refractivity (Wildman–Crippen MR) is 90.9 cm³/mol. The van der Waals surface area contributed by atoms with E-state index in [4.69, 9.17) is 17.3 Å². The van der Waals surface area contributed by atoms with Gasteiger partial charge in [-0.2, -0.15) is 5.10 Å². The van der Waals surface area contributed by atoms with Crippen LogP contribution in [0.1, 0.15) is 30.1 Å². The lowest BCUT2D eigenvalue weighted by atomic mass is 9.92. The number of rotatable bonds is 3. The van der Waals surface area contributed by atoms with E-state index in [2.05, 4.69) is 5.10 Å². The molecule has 122 valence electrons. The van der Waals surface area contributed by atoms with Crippen molar-refractivity contribution in [3.8, 4) is 5.69 Å². The van der Waals surface area contributed by atoms with E-state index in [1.54, 1.807) is 17.1 Å². The third-order valence-electron chi connectivity index (χ3n) is 4.39. The number of halogens is 1. The third kappa shape index (κ3) is 3.57. The molecule has 23 heavy (non-hydrogen) atoms. The minimum Gasteiger partial charge on any atom is -0.338 e. The average Bonchev–Trinajstić information content (AvgIpc) is 3.04. The van der Waals surface area contributed by atoms with E-state index in [0.717, 1.165) is 31.6 Å². The fourth-order valence-corrected chi connectivity index (χ4v) is 3.18. The number of likely N-dealkylation sites (tertiary alicyclic amines) is 1. The highest BCUT2D eigenvalue weighted by molar-refractivity contribution is 6.30. The molecular weight excluding hydrogens is 312 g/mol. The number of hydrogen-bond donors (Lipinski definition) is 1. The number of nitrogens with zero attached hydrogens (tertiary/aromatic N) is 3. The number of aromatic nitrogens is 2.